The lowest BCUT2D eigenvalue weighted by Gasteiger charge is -2.13. The maximum atomic E-state index is 12.3. The van der Waals surface area contributed by atoms with Crippen LogP contribution in [-0.4, -0.2) is 54.5 Å². The van der Waals surface area contributed by atoms with Crippen molar-refractivity contribution in [3.8, 4) is 0 Å². The van der Waals surface area contributed by atoms with Crippen molar-refractivity contribution >= 4 is 15.9 Å². The van der Waals surface area contributed by atoms with Gasteiger partial charge in [-0.2, -0.15) is 4.31 Å². The predicted molar refractivity (Wildman–Crippen MR) is 72.8 cm³/mol. The summed E-state index contributed by atoms with van der Waals surface area (Å²) in [5.41, 5.74) is 0.170. The van der Waals surface area contributed by atoms with E-state index in [9.17, 15) is 13.2 Å². The van der Waals surface area contributed by atoms with E-state index in [1.807, 2.05) is 0 Å². The smallest absolute Gasteiger partial charge is 0.267 e. The molecule has 2 rings (SSSR count). The molecule has 1 aliphatic rings. The molecule has 1 aromatic rings. The van der Waals surface area contributed by atoms with Gasteiger partial charge < -0.3 is 15.4 Å². The SMILES string of the molecule is C[C@H](O)CNC(=O)c1cc(S(=O)(=O)N2CCCC2)c[nH]1. The van der Waals surface area contributed by atoms with Gasteiger partial charge in [0, 0.05) is 25.8 Å². The van der Waals surface area contributed by atoms with Crippen LogP contribution in [0.3, 0.4) is 0 Å². The van der Waals surface area contributed by atoms with Crippen molar-refractivity contribution in [3.05, 3.63) is 18.0 Å². The minimum atomic E-state index is -3.51. The number of nitrogens with zero attached hydrogens (tertiary/aromatic N) is 1. The third-order valence-corrected chi connectivity index (χ3v) is 5.04. The summed E-state index contributed by atoms with van der Waals surface area (Å²) in [7, 11) is -3.51. The molecule has 0 spiro atoms. The number of nitrogens with one attached hydrogen (secondary N) is 2. The summed E-state index contributed by atoms with van der Waals surface area (Å²) in [4.78, 5) is 14.5. The Kier molecular flexibility index (Phi) is 4.46. The molecule has 1 atom stereocenters. The summed E-state index contributed by atoms with van der Waals surface area (Å²) in [6.07, 6.45) is 2.41. The van der Waals surface area contributed by atoms with Crippen LogP contribution in [0, 0.1) is 0 Å². The van der Waals surface area contributed by atoms with Gasteiger partial charge in [-0.3, -0.25) is 4.79 Å². The minimum absolute atomic E-state index is 0.0987. The molecule has 0 aromatic carbocycles. The van der Waals surface area contributed by atoms with Gasteiger partial charge in [0.25, 0.3) is 5.91 Å². The summed E-state index contributed by atoms with van der Waals surface area (Å²) in [6.45, 7) is 2.72. The lowest BCUT2D eigenvalue weighted by atomic mass is 10.3. The van der Waals surface area contributed by atoms with Gasteiger partial charge in [-0.05, 0) is 25.8 Å². The van der Waals surface area contributed by atoms with Crippen LogP contribution >= 0.6 is 0 Å². The van der Waals surface area contributed by atoms with E-state index in [2.05, 4.69) is 10.3 Å². The lowest BCUT2D eigenvalue weighted by molar-refractivity contribution is 0.0919. The average Bonchev–Trinajstić information content (AvgIpc) is 3.06. The van der Waals surface area contributed by atoms with Gasteiger partial charge in [0.05, 0.1) is 6.10 Å². The first-order chi connectivity index (χ1) is 9.41. The number of hydrogen-bond acceptors (Lipinski definition) is 4. The summed E-state index contributed by atoms with van der Waals surface area (Å²) < 4.78 is 26.0. The molecule has 0 aliphatic carbocycles. The van der Waals surface area contributed by atoms with Gasteiger partial charge >= 0.3 is 0 Å². The Morgan fingerprint density at radius 3 is 2.75 bits per heavy atom. The van der Waals surface area contributed by atoms with Crippen molar-refractivity contribution in [2.75, 3.05) is 19.6 Å². The third kappa shape index (κ3) is 3.20. The van der Waals surface area contributed by atoms with E-state index in [1.54, 1.807) is 6.92 Å². The zero-order chi connectivity index (χ0) is 14.8. The molecule has 1 amide bonds. The van der Waals surface area contributed by atoms with Crippen LogP contribution in [0.1, 0.15) is 30.3 Å². The number of aromatic amines is 1. The zero-order valence-corrected chi connectivity index (χ0v) is 12.1. The summed E-state index contributed by atoms with van der Waals surface area (Å²) >= 11 is 0. The maximum absolute atomic E-state index is 12.3. The van der Waals surface area contributed by atoms with Gasteiger partial charge in [-0.25, -0.2) is 8.42 Å². The molecule has 8 heteroatoms. The van der Waals surface area contributed by atoms with Gasteiger partial charge in [-0.1, -0.05) is 0 Å². The molecule has 0 unspecified atom stereocenters. The van der Waals surface area contributed by atoms with Crippen LogP contribution in [0.25, 0.3) is 0 Å². The first-order valence-electron chi connectivity index (χ1n) is 6.56. The molecule has 1 saturated heterocycles. The quantitative estimate of drug-likeness (QED) is 0.707. The monoisotopic (exact) mass is 301 g/mol. The fourth-order valence-corrected chi connectivity index (χ4v) is 3.58. The number of carbonyl (C=O) groups excluding carboxylic acids is 1. The fraction of sp³-hybridized carbons (Fsp3) is 0.583. The number of aliphatic hydroxyl groups is 1. The maximum Gasteiger partial charge on any atom is 0.267 e. The van der Waals surface area contributed by atoms with Crippen LogP contribution in [0.4, 0.5) is 0 Å². The van der Waals surface area contributed by atoms with Crippen molar-refractivity contribution in [1.82, 2.24) is 14.6 Å². The van der Waals surface area contributed by atoms with E-state index in [0.29, 0.717) is 13.1 Å². The Hall–Kier alpha value is -1.38. The molecule has 1 fully saturated rings. The Bertz CT molecular complexity index is 573. The summed E-state index contributed by atoms with van der Waals surface area (Å²) in [5.74, 6) is -0.436. The number of sulfonamides is 1. The van der Waals surface area contributed by atoms with Gasteiger partial charge in [0.1, 0.15) is 10.6 Å². The number of aromatic nitrogens is 1. The predicted octanol–water partition coefficient (Wildman–Crippen LogP) is -0.0902. The molecule has 0 saturated carbocycles. The molecule has 0 bridgehead atoms. The van der Waals surface area contributed by atoms with Gasteiger partial charge in [0.15, 0.2) is 0 Å². The molecule has 2 heterocycles. The molecular weight excluding hydrogens is 282 g/mol. The molecule has 0 radical (unpaired) electrons. The number of amides is 1. The van der Waals surface area contributed by atoms with Crippen molar-refractivity contribution in [2.24, 2.45) is 0 Å². The van der Waals surface area contributed by atoms with Gasteiger partial charge in [0.2, 0.25) is 10.0 Å². The van der Waals surface area contributed by atoms with E-state index in [4.69, 9.17) is 5.11 Å². The molecule has 112 valence electrons. The highest BCUT2D eigenvalue weighted by Crippen LogP contribution is 2.21. The van der Waals surface area contributed by atoms with Crippen molar-refractivity contribution < 1.29 is 18.3 Å². The standard InChI is InChI=1S/C12H19N3O4S/c1-9(16)7-14-12(17)11-6-10(8-13-11)20(18,19)15-4-2-3-5-15/h6,8-9,13,16H,2-5,7H2,1H3,(H,14,17)/t9-/m0/s1. The molecule has 20 heavy (non-hydrogen) atoms. The average molecular weight is 301 g/mol. The Labute approximate surface area is 118 Å². The van der Waals surface area contributed by atoms with Crippen LogP contribution in [0.2, 0.25) is 0 Å². The van der Waals surface area contributed by atoms with Crippen LogP contribution in [0.15, 0.2) is 17.2 Å². The molecular formula is C12H19N3O4S. The van der Waals surface area contributed by atoms with Crippen molar-refractivity contribution in [2.45, 2.75) is 30.8 Å². The minimum Gasteiger partial charge on any atom is -0.392 e. The summed E-state index contributed by atoms with van der Waals surface area (Å²) in [5, 5.41) is 11.6. The van der Waals surface area contributed by atoms with Crippen molar-refractivity contribution in [1.29, 1.82) is 0 Å². The largest absolute Gasteiger partial charge is 0.392 e. The second-order valence-electron chi connectivity index (χ2n) is 4.92. The van der Waals surface area contributed by atoms with E-state index in [0.717, 1.165) is 12.8 Å². The van der Waals surface area contributed by atoms with Gasteiger partial charge in [-0.15, -0.1) is 0 Å². The molecule has 3 N–H and O–H groups in total. The Balaban J connectivity index is 2.10. The fourth-order valence-electron chi connectivity index (χ4n) is 2.07. The number of aliphatic hydroxyl groups excluding tert-OH is 1. The van der Waals surface area contributed by atoms with E-state index >= 15 is 0 Å². The molecule has 1 aromatic heterocycles. The first kappa shape index (κ1) is 15.0. The number of carbonyl (C=O) groups is 1. The first-order valence-corrected chi connectivity index (χ1v) is 8.00. The zero-order valence-electron chi connectivity index (χ0n) is 11.3. The highest BCUT2D eigenvalue weighted by molar-refractivity contribution is 7.89. The third-order valence-electron chi connectivity index (χ3n) is 3.16. The van der Waals surface area contributed by atoms with Crippen LogP contribution in [0.5, 0.6) is 0 Å². The van der Waals surface area contributed by atoms with E-state index in [1.165, 1.54) is 16.6 Å². The van der Waals surface area contributed by atoms with Crippen LogP contribution < -0.4 is 5.32 Å². The second kappa shape index (κ2) is 5.94. The number of H-pyrrole nitrogens is 1. The summed E-state index contributed by atoms with van der Waals surface area (Å²) in [6, 6.07) is 1.32. The van der Waals surface area contributed by atoms with Crippen LogP contribution in [-0.2, 0) is 10.0 Å². The highest BCUT2D eigenvalue weighted by atomic mass is 32.2. The second-order valence-corrected chi connectivity index (χ2v) is 6.86. The van der Waals surface area contributed by atoms with Crippen molar-refractivity contribution in [3.63, 3.8) is 0 Å². The highest BCUT2D eigenvalue weighted by Gasteiger charge is 2.28. The van der Waals surface area contributed by atoms with E-state index < -0.39 is 22.0 Å². The Morgan fingerprint density at radius 1 is 1.50 bits per heavy atom. The van der Waals surface area contributed by atoms with E-state index in [-0.39, 0.29) is 17.1 Å². The lowest BCUT2D eigenvalue weighted by Crippen LogP contribution is -2.30. The number of hydrogen-bond donors (Lipinski definition) is 3. The topological polar surface area (TPSA) is 102 Å². The Morgan fingerprint density at radius 2 is 2.15 bits per heavy atom. The molecule has 7 nitrogen and oxygen atoms in total. The molecule has 1 aliphatic heterocycles. The number of rotatable bonds is 5. The normalized spacial score (nSPS) is 18.1.